The van der Waals surface area contributed by atoms with E-state index in [4.69, 9.17) is 14.6 Å². The number of anilines is 5. The van der Waals surface area contributed by atoms with Crippen LogP contribution in [0.5, 0.6) is 0 Å². The minimum Gasteiger partial charge on any atom is -0.475 e. The molecule has 0 spiro atoms. The van der Waals surface area contributed by atoms with E-state index in [1.54, 1.807) is 12.4 Å². The second-order valence-electron chi connectivity index (χ2n) is 7.87. The lowest BCUT2D eigenvalue weighted by Gasteiger charge is -2.28. The first-order valence-corrected chi connectivity index (χ1v) is 11.2. The van der Waals surface area contributed by atoms with Gasteiger partial charge in [-0.25, -0.2) is 9.78 Å². The van der Waals surface area contributed by atoms with Crippen LogP contribution in [0.15, 0.2) is 73.2 Å². The van der Waals surface area contributed by atoms with E-state index in [1.165, 1.54) is 5.69 Å². The molecule has 1 aliphatic rings. The SMILES string of the molecule is O=C(O)C(F)(F)F.c1cc(Nc2ccnc(Nc3ccc(N4CCOCC4)cc3)n2)c2ccncc2c1. The molecule has 1 fully saturated rings. The largest absolute Gasteiger partial charge is 0.490 e. The Balaban J connectivity index is 0.000000405. The third-order valence-electron chi connectivity index (χ3n) is 5.34. The predicted molar refractivity (Wildman–Crippen MR) is 134 cm³/mol. The zero-order valence-corrected chi connectivity index (χ0v) is 19.4. The Labute approximate surface area is 210 Å². The summed E-state index contributed by atoms with van der Waals surface area (Å²) >= 11 is 0. The zero-order chi connectivity index (χ0) is 26.3. The number of carboxylic acid groups (broad SMARTS) is 1. The van der Waals surface area contributed by atoms with Gasteiger partial charge in [0.25, 0.3) is 0 Å². The monoisotopic (exact) mass is 512 g/mol. The van der Waals surface area contributed by atoms with Gasteiger partial charge in [-0.3, -0.25) is 4.98 Å². The van der Waals surface area contributed by atoms with Crippen molar-refractivity contribution in [1.29, 1.82) is 0 Å². The Morgan fingerprint density at radius 3 is 2.41 bits per heavy atom. The highest BCUT2D eigenvalue weighted by Crippen LogP contribution is 2.26. The molecule has 3 N–H and O–H groups in total. The van der Waals surface area contributed by atoms with Gasteiger partial charge < -0.3 is 25.4 Å². The van der Waals surface area contributed by atoms with Gasteiger partial charge in [-0.1, -0.05) is 12.1 Å². The van der Waals surface area contributed by atoms with Crippen LogP contribution in [-0.4, -0.2) is 58.5 Å². The van der Waals surface area contributed by atoms with E-state index in [2.05, 4.69) is 42.6 Å². The number of pyridine rings is 1. The molecular weight excluding hydrogens is 489 g/mol. The molecule has 9 nitrogen and oxygen atoms in total. The molecule has 3 heterocycles. The molecular formula is C25H23F3N6O3. The van der Waals surface area contributed by atoms with Crippen LogP contribution in [0, 0.1) is 0 Å². The number of fused-ring (bicyclic) bond motifs is 1. The van der Waals surface area contributed by atoms with Crippen molar-refractivity contribution in [3.05, 3.63) is 73.2 Å². The molecule has 192 valence electrons. The number of alkyl halides is 3. The van der Waals surface area contributed by atoms with Crippen molar-refractivity contribution in [2.75, 3.05) is 41.8 Å². The van der Waals surface area contributed by atoms with E-state index in [1.807, 2.05) is 48.7 Å². The van der Waals surface area contributed by atoms with E-state index in [9.17, 15) is 13.2 Å². The number of morpholine rings is 1. The minimum absolute atomic E-state index is 0.543. The fraction of sp³-hybridized carbons (Fsp3) is 0.200. The number of aromatic nitrogens is 3. The van der Waals surface area contributed by atoms with E-state index in [0.29, 0.717) is 5.95 Å². The Morgan fingerprint density at radius 2 is 1.70 bits per heavy atom. The van der Waals surface area contributed by atoms with Crippen molar-refractivity contribution in [2.45, 2.75) is 6.18 Å². The average Bonchev–Trinajstić information content (AvgIpc) is 2.90. The Morgan fingerprint density at radius 1 is 0.973 bits per heavy atom. The summed E-state index contributed by atoms with van der Waals surface area (Å²) in [7, 11) is 0. The number of hydrogen-bond acceptors (Lipinski definition) is 8. The second kappa shape index (κ2) is 11.5. The molecule has 2 aromatic heterocycles. The highest BCUT2D eigenvalue weighted by molar-refractivity contribution is 5.94. The van der Waals surface area contributed by atoms with Crippen LogP contribution in [0.4, 0.5) is 42.0 Å². The van der Waals surface area contributed by atoms with Crippen LogP contribution < -0.4 is 15.5 Å². The number of ether oxygens (including phenoxy) is 1. The summed E-state index contributed by atoms with van der Waals surface area (Å²) in [4.78, 5) is 24.4. The topological polar surface area (TPSA) is 112 Å². The van der Waals surface area contributed by atoms with Crippen molar-refractivity contribution in [3.63, 3.8) is 0 Å². The molecule has 2 aromatic carbocycles. The standard InChI is InChI=1S/C23H22N6O.C2HF3O2/c1-2-17-16-24-10-8-20(17)21(3-1)27-22-9-11-25-23(28-22)26-18-4-6-19(7-5-18)29-12-14-30-15-13-29;3-2(4,5)1(6)7/h1-11,16H,12-15H2,(H2,25,26,27,28);(H,6,7). The van der Waals surface area contributed by atoms with Gasteiger partial charge in [0, 0.05) is 59.5 Å². The van der Waals surface area contributed by atoms with Crippen LogP contribution in [0.3, 0.4) is 0 Å². The molecule has 0 saturated carbocycles. The van der Waals surface area contributed by atoms with E-state index in [-0.39, 0.29) is 0 Å². The van der Waals surface area contributed by atoms with Gasteiger partial charge in [0.2, 0.25) is 5.95 Å². The molecule has 5 rings (SSSR count). The van der Waals surface area contributed by atoms with Crippen LogP contribution >= 0.6 is 0 Å². The summed E-state index contributed by atoms with van der Waals surface area (Å²) in [5.41, 5.74) is 3.13. The molecule has 0 radical (unpaired) electrons. The van der Waals surface area contributed by atoms with Crippen LogP contribution in [0.25, 0.3) is 10.8 Å². The van der Waals surface area contributed by atoms with Gasteiger partial charge in [-0.05, 0) is 42.5 Å². The van der Waals surface area contributed by atoms with Gasteiger partial charge in [-0.15, -0.1) is 0 Å². The fourth-order valence-corrected chi connectivity index (χ4v) is 3.56. The first-order valence-electron chi connectivity index (χ1n) is 11.2. The summed E-state index contributed by atoms with van der Waals surface area (Å²) < 4.78 is 37.2. The van der Waals surface area contributed by atoms with Gasteiger partial charge in [0.1, 0.15) is 5.82 Å². The second-order valence-corrected chi connectivity index (χ2v) is 7.87. The molecule has 0 atom stereocenters. The maximum absolute atomic E-state index is 10.6. The Hall–Kier alpha value is -4.45. The van der Waals surface area contributed by atoms with Crippen molar-refractivity contribution >= 4 is 45.6 Å². The van der Waals surface area contributed by atoms with Crippen molar-refractivity contribution in [3.8, 4) is 0 Å². The van der Waals surface area contributed by atoms with Gasteiger partial charge in [0.05, 0.1) is 13.2 Å². The number of carboxylic acids is 1. The molecule has 12 heteroatoms. The molecule has 37 heavy (non-hydrogen) atoms. The maximum Gasteiger partial charge on any atom is 0.490 e. The number of aliphatic carboxylic acids is 1. The number of rotatable bonds is 5. The van der Waals surface area contributed by atoms with Crippen molar-refractivity contribution in [1.82, 2.24) is 15.0 Å². The summed E-state index contributed by atoms with van der Waals surface area (Å²) in [5, 5.41) is 16.0. The average molecular weight is 512 g/mol. The number of nitrogens with zero attached hydrogens (tertiary/aromatic N) is 4. The third-order valence-corrected chi connectivity index (χ3v) is 5.34. The number of halogens is 3. The van der Waals surface area contributed by atoms with E-state index in [0.717, 1.165) is 54.3 Å². The van der Waals surface area contributed by atoms with Crippen molar-refractivity contribution < 1.29 is 27.8 Å². The summed E-state index contributed by atoms with van der Waals surface area (Å²) in [5.74, 6) is -1.49. The van der Waals surface area contributed by atoms with E-state index >= 15 is 0 Å². The normalized spacial score (nSPS) is 13.4. The Kier molecular flexibility index (Phi) is 7.98. The molecule has 1 saturated heterocycles. The number of nitrogens with one attached hydrogen (secondary N) is 2. The summed E-state index contributed by atoms with van der Waals surface area (Å²) in [6.45, 7) is 3.41. The molecule has 0 amide bonds. The fourth-order valence-electron chi connectivity index (χ4n) is 3.56. The molecule has 4 aromatic rings. The molecule has 0 aliphatic carbocycles. The smallest absolute Gasteiger partial charge is 0.475 e. The predicted octanol–water partition coefficient (Wildman–Crippen LogP) is 4.98. The minimum atomic E-state index is -5.08. The highest BCUT2D eigenvalue weighted by Gasteiger charge is 2.38. The van der Waals surface area contributed by atoms with Crippen molar-refractivity contribution in [2.24, 2.45) is 0 Å². The van der Waals surface area contributed by atoms with Gasteiger partial charge in [-0.2, -0.15) is 18.2 Å². The van der Waals surface area contributed by atoms with Gasteiger partial charge >= 0.3 is 12.1 Å². The summed E-state index contributed by atoms with van der Waals surface area (Å²) in [6.07, 6.45) is 0.307. The Bertz CT molecular complexity index is 1340. The highest BCUT2D eigenvalue weighted by atomic mass is 19.4. The number of benzene rings is 2. The number of carbonyl (C=O) groups is 1. The first-order chi connectivity index (χ1) is 17.8. The zero-order valence-electron chi connectivity index (χ0n) is 19.4. The third kappa shape index (κ3) is 7.04. The molecule has 0 unspecified atom stereocenters. The molecule has 0 bridgehead atoms. The molecule has 1 aliphatic heterocycles. The van der Waals surface area contributed by atoms with Crippen LogP contribution in [0.1, 0.15) is 0 Å². The lowest BCUT2D eigenvalue weighted by molar-refractivity contribution is -0.192. The first kappa shape index (κ1) is 25.6. The summed E-state index contributed by atoms with van der Waals surface area (Å²) in [6, 6.07) is 18.2. The van der Waals surface area contributed by atoms with Crippen LogP contribution in [0.2, 0.25) is 0 Å². The van der Waals surface area contributed by atoms with E-state index < -0.39 is 12.1 Å². The lowest BCUT2D eigenvalue weighted by Crippen LogP contribution is -2.36. The van der Waals surface area contributed by atoms with Gasteiger partial charge in [0.15, 0.2) is 0 Å². The number of hydrogen-bond donors (Lipinski definition) is 3. The van der Waals surface area contributed by atoms with Crippen LogP contribution in [-0.2, 0) is 9.53 Å². The quantitative estimate of drug-likeness (QED) is 0.341. The lowest BCUT2D eigenvalue weighted by atomic mass is 10.1. The maximum atomic E-state index is 10.6.